The number of fused-ring (bicyclic) bond motifs is 1. The van der Waals surface area contributed by atoms with E-state index in [4.69, 9.17) is 5.73 Å². The molecule has 6 fully saturated rings. The van der Waals surface area contributed by atoms with Gasteiger partial charge in [0.1, 0.15) is 6.04 Å². The number of aliphatic hydroxyl groups is 1. The van der Waals surface area contributed by atoms with Crippen LogP contribution in [0.4, 0.5) is 0 Å². The summed E-state index contributed by atoms with van der Waals surface area (Å²) in [4.78, 5) is 14.9. The molecule has 6 aliphatic rings. The fraction of sp³-hybridized carbons (Fsp3) is 0.895. The number of rotatable bonds is 2. The molecule has 6 atom stereocenters. The Balaban J connectivity index is 0.000000911. The normalized spacial score (nSPS) is 49.5. The van der Waals surface area contributed by atoms with Crippen LogP contribution >= 0.6 is 0 Å². The zero-order chi connectivity index (χ0) is 16.0. The fourth-order valence-corrected chi connectivity index (χ4v) is 6.96. The lowest BCUT2D eigenvalue weighted by atomic mass is 9.46. The minimum atomic E-state index is -0.594. The van der Waals surface area contributed by atoms with Gasteiger partial charge in [-0.25, -0.2) is 0 Å². The van der Waals surface area contributed by atoms with Crippen molar-refractivity contribution in [3.05, 3.63) is 0 Å². The zero-order valence-corrected chi connectivity index (χ0v) is 13.9. The average molecular weight is 349 g/mol. The highest BCUT2D eigenvalue weighted by atomic mass is 16.3. The highest BCUT2D eigenvalue weighted by molar-refractivity contribution is 5.84. The minimum absolute atomic E-state index is 0. The maximum absolute atomic E-state index is 13.1. The Kier molecular flexibility index (Phi) is 4.22. The largest absolute Gasteiger partial charge is 0.412 e. The molecule has 1 aliphatic heterocycles. The van der Waals surface area contributed by atoms with Crippen LogP contribution in [0.25, 0.3) is 0 Å². The second-order valence-electron chi connectivity index (χ2n) is 9.21. The SMILES string of the molecule is C.N#C[C@@H]1C[C@@H]2C[C@@H]2N1C(=O)C(N)C12CC3CC(CC(O)(C3)C1)C2.O. The van der Waals surface area contributed by atoms with E-state index in [1.165, 1.54) is 6.42 Å². The highest BCUT2D eigenvalue weighted by Crippen LogP contribution is 2.63. The van der Waals surface area contributed by atoms with E-state index in [0.717, 1.165) is 38.5 Å². The van der Waals surface area contributed by atoms with Crippen LogP contribution in [0.15, 0.2) is 0 Å². The number of nitrogens with zero attached hydrogens (tertiary/aromatic N) is 2. The van der Waals surface area contributed by atoms with Gasteiger partial charge in [0.25, 0.3) is 0 Å². The molecule has 0 spiro atoms. The summed E-state index contributed by atoms with van der Waals surface area (Å²) >= 11 is 0. The summed E-state index contributed by atoms with van der Waals surface area (Å²) < 4.78 is 0. The van der Waals surface area contributed by atoms with Crippen LogP contribution in [0.5, 0.6) is 0 Å². The van der Waals surface area contributed by atoms with Gasteiger partial charge in [-0.15, -0.1) is 0 Å². The van der Waals surface area contributed by atoms with Gasteiger partial charge >= 0.3 is 0 Å². The number of piperidine rings is 1. The number of hydrogen-bond acceptors (Lipinski definition) is 4. The molecule has 0 aromatic heterocycles. The van der Waals surface area contributed by atoms with Crippen molar-refractivity contribution in [3.8, 4) is 6.07 Å². The molecular formula is C19H31N3O3. The fourth-order valence-electron chi connectivity index (χ4n) is 6.96. The first-order valence-electron chi connectivity index (χ1n) is 9.13. The first-order valence-corrected chi connectivity index (χ1v) is 9.13. The lowest BCUT2D eigenvalue weighted by Gasteiger charge is -2.61. The van der Waals surface area contributed by atoms with Crippen molar-refractivity contribution in [3.63, 3.8) is 0 Å². The molecule has 3 unspecified atom stereocenters. The number of hydrogen-bond donors (Lipinski definition) is 2. The van der Waals surface area contributed by atoms with Crippen molar-refractivity contribution >= 4 is 5.91 Å². The third kappa shape index (κ3) is 2.51. The molecule has 1 saturated heterocycles. The number of amides is 1. The lowest BCUT2D eigenvalue weighted by Crippen LogP contribution is -2.64. The van der Waals surface area contributed by atoms with Crippen LogP contribution in [0.1, 0.15) is 58.8 Å². The summed E-state index contributed by atoms with van der Waals surface area (Å²) in [5, 5.41) is 20.2. The predicted octanol–water partition coefficient (Wildman–Crippen LogP) is 0.969. The molecule has 5 aliphatic carbocycles. The third-order valence-corrected chi connectivity index (χ3v) is 7.51. The van der Waals surface area contributed by atoms with Crippen molar-refractivity contribution in [2.75, 3.05) is 0 Å². The van der Waals surface area contributed by atoms with E-state index in [1.54, 1.807) is 4.90 Å². The summed E-state index contributed by atoms with van der Waals surface area (Å²) in [6, 6.07) is 1.72. The van der Waals surface area contributed by atoms with E-state index in [1.807, 2.05) is 0 Å². The van der Waals surface area contributed by atoms with Crippen molar-refractivity contribution in [1.82, 2.24) is 4.90 Å². The number of carbonyl (C=O) groups excluding carboxylic acids is 1. The van der Waals surface area contributed by atoms with Gasteiger partial charge in [0, 0.05) is 6.04 Å². The van der Waals surface area contributed by atoms with Gasteiger partial charge in [-0.1, -0.05) is 7.43 Å². The zero-order valence-electron chi connectivity index (χ0n) is 13.9. The summed E-state index contributed by atoms with van der Waals surface area (Å²) in [6.45, 7) is 0. The smallest absolute Gasteiger partial charge is 0.241 e. The van der Waals surface area contributed by atoms with E-state index in [-0.39, 0.29) is 36.3 Å². The molecule has 0 aromatic rings. The summed E-state index contributed by atoms with van der Waals surface area (Å²) in [7, 11) is 0. The van der Waals surface area contributed by atoms with Crippen molar-refractivity contribution in [1.29, 1.82) is 5.26 Å². The molecule has 5 N–H and O–H groups in total. The van der Waals surface area contributed by atoms with Gasteiger partial charge < -0.3 is 21.2 Å². The van der Waals surface area contributed by atoms with Crippen LogP contribution in [0.2, 0.25) is 0 Å². The second kappa shape index (κ2) is 5.67. The Morgan fingerprint density at radius 3 is 2.40 bits per heavy atom. The van der Waals surface area contributed by atoms with Gasteiger partial charge in [-0.2, -0.15) is 5.26 Å². The monoisotopic (exact) mass is 349 g/mol. The van der Waals surface area contributed by atoms with Gasteiger partial charge in [0.2, 0.25) is 5.91 Å². The number of carbonyl (C=O) groups is 1. The Hall–Kier alpha value is -1.16. The molecule has 0 aromatic carbocycles. The molecule has 6 rings (SSSR count). The standard InChI is InChI=1S/C18H25N3O2.CH4.H2O/c19-8-13-2-12-3-14(12)21(13)16(22)15(20)17-4-10-1-11(5-17)7-18(23,6-10)9-17;;/h10-15,23H,1-7,9,20H2;1H4;1H2/t10?,11?,12-,13+,14+,15?,17?,18?;;/m1../s1. The van der Waals surface area contributed by atoms with Crippen LogP contribution in [0.3, 0.4) is 0 Å². The summed E-state index contributed by atoms with van der Waals surface area (Å²) in [5.41, 5.74) is 5.71. The second-order valence-corrected chi connectivity index (χ2v) is 9.21. The van der Waals surface area contributed by atoms with Crippen molar-refractivity contribution < 1.29 is 15.4 Å². The summed E-state index contributed by atoms with van der Waals surface area (Å²) in [6.07, 6.45) is 7.48. The maximum atomic E-state index is 13.1. The quantitative estimate of drug-likeness (QED) is 0.771. The predicted molar refractivity (Wildman–Crippen MR) is 93.1 cm³/mol. The Labute approximate surface area is 149 Å². The van der Waals surface area contributed by atoms with E-state index < -0.39 is 11.6 Å². The lowest BCUT2D eigenvalue weighted by molar-refractivity contribution is -0.177. The molecular weight excluding hydrogens is 318 g/mol. The number of likely N-dealkylation sites (tertiary alicyclic amines) is 1. The minimum Gasteiger partial charge on any atom is -0.412 e. The summed E-state index contributed by atoms with van der Waals surface area (Å²) in [5.74, 6) is 1.56. The number of nitriles is 1. The topological polar surface area (TPSA) is 122 Å². The molecule has 140 valence electrons. The van der Waals surface area contributed by atoms with Crippen LogP contribution in [0, 0.1) is 34.5 Å². The van der Waals surface area contributed by atoms with Crippen LogP contribution < -0.4 is 5.73 Å². The van der Waals surface area contributed by atoms with Gasteiger partial charge in [0.05, 0.1) is 17.7 Å². The molecule has 0 radical (unpaired) electrons. The molecule has 5 saturated carbocycles. The third-order valence-electron chi connectivity index (χ3n) is 7.51. The van der Waals surface area contributed by atoms with Crippen molar-refractivity contribution in [2.24, 2.45) is 28.9 Å². The Bertz CT molecular complexity index is 602. The molecule has 6 heteroatoms. The van der Waals surface area contributed by atoms with E-state index in [9.17, 15) is 15.2 Å². The first kappa shape index (κ1) is 18.6. The number of nitrogens with two attached hydrogens (primary N) is 1. The molecule has 1 heterocycles. The first-order chi connectivity index (χ1) is 10.9. The van der Waals surface area contributed by atoms with Crippen LogP contribution in [-0.2, 0) is 4.79 Å². The van der Waals surface area contributed by atoms with Crippen LogP contribution in [-0.4, -0.2) is 45.1 Å². The highest BCUT2D eigenvalue weighted by Gasteiger charge is 2.62. The van der Waals surface area contributed by atoms with Gasteiger partial charge in [-0.05, 0) is 74.5 Å². The molecule has 1 amide bonds. The molecule has 6 nitrogen and oxygen atoms in total. The maximum Gasteiger partial charge on any atom is 0.241 e. The Morgan fingerprint density at radius 2 is 1.84 bits per heavy atom. The van der Waals surface area contributed by atoms with E-state index in [0.29, 0.717) is 24.2 Å². The van der Waals surface area contributed by atoms with Gasteiger partial charge in [-0.3, -0.25) is 4.79 Å². The average Bonchev–Trinajstić information content (AvgIpc) is 3.14. The molecule has 25 heavy (non-hydrogen) atoms. The van der Waals surface area contributed by atoms with E-state index >= 15 is 0 Å². The van der Waals surface area contributed by atoms with Gasteiger partial charge in [0.15, 0.2) is 0 Å². The van der Waals surface area contributed by atoms with Crippen molar-refractivity contribution in [2.45, 2.75) is 82.5 Å². The van der Waals surface area contributed by atoms with E-state index in [2.05, 4.69) is 6.07 Å². The molecule has 4 bridgehead atoms. The Morgan fingerprint density at radius 1 is 1.20 bits per heavy atom.